The minimum atomic E-state index is -0.654. The maximum Gasteiger partial charge on any atom is 0.258 e. The topological polar surface area (TPSA) is 73.7 Å². The van der Waals surface area contributed by atoms with Crippen molar-refractivity contribution in [3.05, 3.63) is 75.6 Å². The number of hydrogen-bond acceptors (Lipinski definition) is 5. The smallest absolute Gasteiger partial charge is 0.258 e. The number of nitrogens with zero attached hydrogens (tertiary/aromatic N) is 3. The number of halogens is 2. The fourth-order valence-corrected chi connectivity index (χ4v) is 3.60. The highest BCUT2D eigenvalue weighted by molar-refractivity contribution is 5.80. The molecule has 2 aromatic rings. The first-order valence-electron chi connectivity index (χ1n) is 10.3. The molecular weight excluding hydrogens is 432 g/mol. The van der Waals surface area contributed by atoms with Crippen LogP contribution in [0.2, 0.25) is 0 Å². The van der Waals surface area contributed by atoms with Gasteiger partial charge in [-0.2, -0.15) is 0 Å². The zero-order valence-electron chi connectivity index (χ0n) is 17.9. The fourth-order valence-electron chi connectivity index (χ4n) is 3.60. The third kappa shape index (κ3) is 5.18. The number of allylic oxidation sites excluding steroid dienone is 4. The molecule has 1 aliphatic heterocycles. The van der Waals surface area contributed by atoms with Gasteiger partial charge in [-0.15, -0.1) is 0 Å². The Kier molecular flexibility index (Phi) is 6.66. The van der Waals surface area contributed by atoms with E-state index in [0.29, 0.717) is 12.3 Å². The van der Waals surface area contributed by atoms with Gasteiger partial charge in [0, 0.05) is 36.5 Å². The summed E-state index contributed by atoms with van der Waals surface area (Å²) in [7, 11) is 0. The number of aromatic nitrogens is 2. The monoisotopic (exact) mass is 453 g/mol. The normalized spacial score (nSPS) is 20.3. The van der Waals surface area contributed by atoms with E-state index in [1.54, 1.807) is 13.0 Å². The van der Waals surface area contributed by atoms with E-state index < -0.39 is 17.2 Å². The number of benzene rings is 1. The molecule has 1 amide bonds. The average molecular weight is 453 g/mol. The zero-order valence-corrected chi connectivity index (χ0v) is 17.9. The summed E-state index contributed by atoms with van der Waals surface area (Å²) in [6, 6.07) is 6.91. The van der Waals surface area contributed by atoms with Crippen molar-refractivity contribution in [3.8, 4) is 17.6 Å². The molecule has 1 aromatic heterocycles. The quantitative estimate of drug-likeness (QED) is 0.651. The van der Waals surface area contributed by atoms with Crippen LogP contribution in [0.3, 0.4) is 0 Å². The van der Waals surface area contributed by atoms with Gasteiger partial charge in [0.25, 0.3) is 11.5 Å². The van der Waals surface area contributed by atoms with Crippen molar-refractivity contribution in [1.82, 2.24) is 14.5 Å². The molecule has 2 heterocycles. The summed E-state index contributed by atoms with van der Waals surface area (Å²) in [5.74, 6) is 4.82. The van der Waals surface area contributed by atoms with E-state index in [0.717, 1.165) is 0 Å². The molecule has 170 valence electrons. The van der Waals surface area contributed by atoms with Crippen molar-refractivity contribution in [3.63, 3.8) is 0 Å². The lowest BCUT2D eigenvalue weighted by Gasteiger charge is -2.28. The van der Waals surface area contributed by atoms with Crippen LogP contribution in [0.4, 0.5) is 8.78 Å². The lowest BCUT2D eigenvalue weighted by molar-refractivity contribution is -0.140. The van der Waals surface area contributed by atoms with E-state index in [2.05, 4.69) is 16.8 Å². The molecule has 7 nitrogen and oxygen atoms in total. The van der Waals surface area contributed by atoms with E-state index in [9.17, 15) is 14.0 Å². The highest BCUT2D eigenvalue weighted by Gasteiger charge is 2.25. The lowest BCUT2D eigenvalue weighted by Crippen LogP contribution is -2.41. The Hall–Kier alpha value is -3.77. The van der Waals surface area contributed by atoms with Gasteiger partial charge in [0.05, 0.1) is 18.7 Å². The maximum atomic E-state index is 15.3. The van der Waals surface area contributed by atoms with Gasteiger partial charge in [0.2, 0.25) is 0 Å². The summed E-state index contributed by atoms with van der Waals surface area (Å²) in [6.45, 7) is 1.92. The van der Waals surface area contributed by atoms with E-state index in [1.165, 1.54) is 39.8 Å². The molecule has 0 saturated carbocycles. The molecule has 1 fully saturated rings. The van der Waals surface area contributed by atoms with Crippen molar-refractivity contribution in [1.29, 1.82) is 0 Å². The van der Waals surface area contributed by atoms with Gasteiger partial charge in [0.15, 0.2) is 5.82 Å². The van der Waals surface area contributed by atoms with Crippen molar-refractivity contribution in [2.24, 2.45) is 0 Å². The second kappa shape index (κ2) is 9.79. The molecule has 1 aliphatic carbocycles. The Labute approximate surface area is 188 Å². The number of rotatable bonds is 5. The van der Waals surface area contributed by atoms with Gasteiger partial charge in [-0.05, 0) is 25.1 Å². The molecule has 0 atom stereocenters. The van der Waals surface area contributed by atoms with Crippen molar-refractivity contribution >= 4 is 11.6 Å². The van der Waals surface area contributed by atoms with Crippen LogP contribution in [0, 0.1) is 24.6 Å². The first-order chi connectivity index (χ1) is 15.9. The third-order valence-electron chi connectivity index (χ3n) is 5.10. The number of amides is 1. The summed E-state index contributed by atoms with van der Waals surface area (Å²) in [5, 5.41) is 0. The SMILES string of the molecule is Cc1cc(=O)n(/C2=C/C(F)=C(/N3CCOCC3=O)CC#CC2)c(COc2cccc(F)c2)n1. The van der Waals surface area contributed by atoms with Gasteiger partial charge in [0.1, 0.15) is 30.6 Å². The summed E-state index contributed by atoms with van der Waals surface area (Å²) < 4.78 is 40.8. The van der Waals surface area contributed by atoms with Crippen molar-refractivity contribution in [2.75, 3.05) is 19.8 Å². The third-order valence-corrected chi connectivity index (χ3v) is 5.10. The van der Waals surface area contributed by atoms with Gasteiger partial charge < -0.3 is 14.4 Å². The maximum absolute atomic E-state index is 15.3. The van der Waals surface area contributed by atoms with E-state index in [4.69, 9.17) is 9.47 Å². The highest BCUT2D eigenvalue weighted by Crippen LogP contribution is 2.24. The van der Waals surface area contributed by atoms with E-state index >= 15 is 4.39 Å². The standard InChI is InChI=1S/C24H21F2N3O4/c1-16-11-23(30)29(22(27-16)14-33-19-7-4-5-17(25)12-19)18-6-2-3-8-21(20(26)13-18)28-9-10-32-15-24(28)31/h4-5,7,11-13H,6,8-10,14-15H2,1H3/b18-13+,21-20-. The van der Waals surface area contributed by atoms with Crippen molar-refractivity contribution < 1.29 is 23.0 Å². The number of carbonyl (C=O) groups is 1. The Morgan fingerprint density at radius 1 is 1.18 bits per heavy atom. The first-order valence-corrected chi connectivity index (χ1v) is 10.3. The number of aryl methyl sites for hydroxylation is 1. The molecule has 0 radical (unpaired) electrons. The Balaban J connectivity index is 1.72. The molecule has 0 N–H and O–H groups in total. The molecule has 0 bridgehead atoms. The molecule has 9 heteroatoms. The minimum Gasteiger partial charge on any atom is -0.486 e. The minimum absolute atomic E-state index is 0.0674. The molecule has 4 rings (SSSR count). The molecular formula is C24H21F2N3O4. The Bertz CT molecular complexity index is 1270. The number of hydrogen-bond donors (Lipinski definition) is 0. The Morgan fingerprint density at radius 3 is 2.79 bits per heavy atom. The number of carbonyl (C=O) groups excluding carboxylic acids is 1. The predicted octanol–water partition coefficient (Wildman–Crippen LogP) is 2.95. The highest BCUT2D eigenvalue weighted by atomic mass is 19.1. The van der Waals surface area contributed by atoms with Gasteiger partial charge in [-0.25, -0.2) is 13.8 Å². The molecule has 2 aliphatic rings. The van der Waals surface area contributed by atoms with Crippen LogP contribution in [0.25, 0.3) is 5.70 Å². The van der Waals surface area contributed by atoms with Gasteiger partial charge in [-0.3, -0.25) is 14.2 Å². The molecule has 33 heavy (non-hydrogen) atoms. The molecule has 1 saturated heterocycles. The zero-order chi connectivity index (χ0) is 23.4. The second-order valence-electron chi connectivity index (χ2n) is 7.47. The van der Waals surface area contributed by atoms with Crippen LogP contribution in [0.15, 0.2) is 52.7 Å². The summed E-state index contributed by atoms with van der Waals surface area (Å²) in [6.07, 6.45) is 1.36. The van der Waals surface area contributed by atoms with Crippen LogP contribution >= 0.6 is 0 Å². The summed E-state index contributed by atoms with van der Waals surface area (Å²) >= 11 is 0. The Morgan fingerprint density at radius 2 is 2.00 bits per heavy atom. The first kappa shape index (κ1) is 22.4. The lowest BCUT2D eigenvalue weighted by atomic mass is 10.1. The number of ether oxygens (including phenoxy) is 2. The van der Waals surface area contributed by atoms with Crippen LogP contribution in [-0.4, -0.2) is 40.1 Å². The summed E-state index contributed by atoms with van der Waals surface area (Å²) in [4.78, 5) is 30.8. The van der Waals surface area contributed by atoms with Crippen LogP contribution < -0.4 is 10.3 Å². The van der Waals surface area contributed by atoms with Crippen LogP contribution in [0.5, 0.6) is 5.75 Å². The van der Waals surface area contributed by atoms with Crippen LogP contribution in [-0.2, 0) is 16.1 Å². The second-order valence-corrected chi connectivity index (χ2v) is 7.47. The van der Waals surface area contributed by atoms with Crippen LogP contribution in [0.1, 0.15) is 24.4 Å². The van der Waals surface area contributed by atoms with Gasteiger partial charge >= 0.3 is 0 Å². The van der Waals surface area contributed by atoms with Crippen molar-refractivity contribution in [2.45, 2.75) is 26.4 Å². The van der Waals surface area contributed by atoms with Gasteiger partial charge in [-0.1, -0.05) is 17.9 Å². The van der Waals surface area contributed by atoms with E-state index in [-0.39, 0.29) is 61.5 Å². The largest absolute Gasteiger partial charge is 0.486 e. The number of morpholine rings is 1. The molecule has 0 spiro atoms. The fraction of sp³-hybridized carbons (Fsp3) is 0.292. The summed E-state index contributed by atoms with van der Waals surface area (Å²) in [5.41, 5.74) is 0.430. The molecule has 1 aromatic carbocycles. The predicted molar refractivity (Wildman–Crippen MR) is 116 cm³/mol. The molecule has 0 unspecified atom stereocenters. The average Bonchev–Trinajstić information content (AvgIpc) is 2.76. The van der Waals surface area contributed by atoms with E-state index in [1.807, 2.05) is 0 Å².